The van der Waals surface area contributed by atoms with Gasteiger partial charge in [0.1, 0.15) is 0 Å². The summed E-state index contributed by atoms with van der Waals surface area (Å²) in [6, 6.07) is 0.0708. The van der Waals surface area contributed by atoms with E-state index in [1.54, 1.807) is 0 Å². The van der Waals surface area contributed by atoms with E-state index in [0.717, 1.165) is 25.3 Å². The lowest BCUT2D eigenvalue weighted by Gasteiger charge is -2.23. The SMILES string of the molecule is CCC1NC(CC)N(CCCC2CCCC2)C1=O. The van der Waals surface area contributed by atoms with Gasteiger partial charge < -0.3 is 4.90 Å². The number of nitrogens with one attached hydrogen (secondary N) is 1. The van der Waals surface area contributed by atoms with Crippen LogP contribution in [0.1, 0.15) is 65.2 Å². The monoisotopic (exact) mass is 252 g/mol. The van der Waals surface area contributed by atoms with Crippen molar-refractivity contribution in [3.8, 4) is 0 Å². The van der Waals surface area contributed by atoms with Crippen molar-refractivity contribution < 1.29 is 4.79 Å². The Kier molecular flexibility index (Phi) is 5.04. The van der Waals surface area contributed by atoms with Crippen LogP contribution in [0, 0.1) is 5.92 Å². The second kappa shape index (κ2) is 6.55. The molecule has 3 heteroatoms. The third-order valence-electron chi connectivity index (χ3n) is 4.63. The summed E-state index contributed by atoms with van der Waals surface area (Å²) in [5, 5.41) is 3.44. The lowest BCUT2D eigenvalue weighted by Crippen LogP contribution is -2.37. The maximum absolute atomic E-state index is 12.2. The van der Waals surface area contributed by atoms with E-state index in [-0.39, 0.29) is 12.2 Å². The zero-order valence-corrected chi connectivity index (χ0v) is 12.0. The van der Waals surface area contributed by atoms with Gasteiger partial charge in [0.25, 0.3) is 0 Å². The number of hydrogen-bond acceptors (Lipinski definition) is 2. The molecule has 2 unspecified atom stereocenters. The van der Waals surface area contributed by atoms with Gasteiger partial charge in [0.05, 0.1) is 12.2 Å². The molecule has 0 aromatic rings. The molecule has 2 atom stereocenters. The van der Waals surface area contributed by atoms with Crippen LogP contribution in [0.2, 0.25) is 0 Å². The number of carbonyl (C=O) groups excluding carboxylic acids is 1. The van der Waals surface area contributed by atoms with Gasteiger partial charge >= 0.3 is 0 Å². The molecule has 2 aliphatic rings. The Morgan fingerprint density at radius 2 is 1.94 bits per heavy atom. The van der Waals surface area contributed by atoms with E-state index < -0.39 is 0 Å². The summed E-state index contributed by atoms with van der Waals surface area (Å²) in [7, 11) is 0. The Morgan fingerprint density at radius 3 is 2.56 bits per heavy atom. The van der Waals surface area contributed by atoms with E-state index in [4.69, 9.17) is 0 Å². The third-order valence-corrected chi connectivity index (χ3v) is 4.63. The van der Waals surface area contributed by atoms with Crippen LogP contribution in [0.3, 0.4) is 0 Å². The Hall–Kier alpha value is -0.570. The van der Waals surface area contributed by atoms with Crippen molar-refractivity contribution in [1.29, 1.82) is 0 Å². The first-order valence-corrected chi connectivity index (χ1v) is 7.82. The van der Waals surface area contributed by atoms with Gasteiger partial charge in [0.15, 0.2) is 0 Å². The molecule has 1 saturated heterocycles. The van der Waals surface area contributed by atoms with Crippen molar-refractivity contribution in [2.75, 3.05) is 6.54 Å². The molecule has 1 saturated carbocycles. The van der Waals surface area contributed by atoms with Crippen LogP contribution < -0.4 is 5.32 Å². The summed E-state index contributed by atoms with van der Waals surface area (Å²) in [6.45, 7) is 5.20. The molecule has 0 spiro atoms. The Balaban J connectivity index is 1.77. The van der Waals surface area contributed by atoms with Gasteiger partial charge in [0.2, 0.25) is 5.91 Å². The highest BCUT2D eigenvalue weighted by molar-refractivity contribution is 5.84. The van der Waals surface area contributed by atoms with Gasteiger partial charge in [-0.05, 0) is 31.6 Å². The molecule has 104 valence electrons. The molecule has 0 aromatic heterocycles. The van der Waals surface area contributed by atoms with E-state index in [1.165, 1.54) is 38.5 Å². The minimum absolute atomic E-state index is 0.0708. The van der Waals surface area contributed by atoms with Crippen molar-refractivity contribution >= 4 is 5.91 Å². The van der Waals surface area contributed by atoms with Gasteiger partial charge in [-0.1, -0.05) is 39.5 Å². The highest BCUT2D eigenvalue weighted by atomic mass is 16.2. The number of amides is 1. The highest BCUT2D eigenvalue weighted by Gasteiger charge is 2.36. The lowest BCUT2D eigenvalue weighted by atomic mass is 10.0. The average Bonchev–Trinajstić information content (AvgIpc) is 2.99. The summed E-state index contributed by atoms with van der Waals surface area (Å²) in [6.07, 6.45) is 10.4. The zero-order valence-electron chi connectivity index (χ0n) is 12.0. The molecule has 1 amide bonds. The topological polar surface area (TPSA) is 32.3 Å². The highest BCUT2D eigenvalue weighted by Crippen LogP contribution is 2.29. The molecular weight excluding hydrogens is 224 g/mol. The minimum Gasteiger partial charge on any atom is -0.326 e. The summed E-state index contributed by atoms with van der Waals surface area (Å²) in [5.74, 6) is 1.27. The summed E-state index contributed by atoms with van der Waals surface area (Å²) in [4.78, 5) is 14.3. The summed E-state index contributed by atoms with van der Waals surface area (Å²) >= 11 is 0. The fraction of sp³-hybridized carbons (Fsp3) is 0.933. The van der Waals surface area contributed by atoms with E-state index in [0.29, 0.717) is 5.91 Å². The molecular formula is C15H28N2O. The Labute approximate surface area is 111 Å². The molecule has 0 aromatic carbocycles. The minimum atomic E-state index is 0.0708. The standard InChI is InChI=1S/C15H28N2O/c1-3-13-15(18)17(14(4-2)16-13)11-7-10-12-8-5-6-9-12/h12-14,16H,3-11H2,1-2H3. The van der Waals surface area contributed by atoms with Crippen molar-refractivity contribution in [3.63, 3.8) is 0 Å². The second-order valence-electron chi connectivity index (χ2n) is 5.88. The van der Waals surface area contributed by atoms with Crippen LogP contribution in [0.15, 0.2) is 0 Å². The molecule has 0 radical (unpaired) electrons. The largest absolute Gasteiger partial charge is 0.326 e. The predicted molar refractivity (Wildman–Crippen MR) is 74.2 cm³/mol. The van der Waals surface area contributed by atoms with Gasteiger partial charge in [-0.2, -0.15) is 0 Å². The zero-order chi connectivity index (χ0) is 13.0. The van der Waals surface area contributed by atoms with Crippen LogP contribution in [0.25, 0.3) is 0 Å². The summed E-state index contributed by atoms with van der Waals surface area (Å²) in [5.41, 5.74) is 0. The smallest absolute Gasteiger partial charge is 0.241 e. The number of hydrogen-bond donors (Lipinski definition) is 1. The molecule has 1 aliphatic heterocycles. The first kappa shape index (κ1) is 13.9. The van der Waals surface area contributed by atoms with Crippen LogP contribution in [0.5, 0.6) is 0 Å². The van der Waals surface area contributed by atoms with Crippen LogP contribution in [-0.2, 0) is 4.79 Å². The van der Waals surface area contributed by atoms with Gasteiger partial charge in [0, 0.05) is 6.54 Å². The molecule has 1 heterocycles. The molecule has 1 N–H and O–H groups in total. The van der Waals surface area contributed by atoms with E-state index in [1.807, 2.05) is 0 Å². The Morgan fingerprint density at radius 1 is 1.22 bits per heavy atom. The predicted octanol–water partition coefficient (Wildman–Crippen LogP) is 2.90. The van der Waals surface area contributed by atoms with Gasteiger partial charge in [-0.25, -0.2) is 0 Å². The molecule has 0 bridgehead atoms. The number of nitrogens with zero attached hydrogens (tertiary/aromatic N) is 1. The van der Waals surface area contributed by atoms with Gasteiger partial charge in [-0.3, -0.25) is 10.1 Å². The fourth-order valence-electron chi connectivity index (χ4n) is 3.49. The van der Waals surface area contributed by atoms with Crippen LogP contribution in [-0.4, -0.2) is 29.6 Å². The summed E-state index contributed by atoms with van der Waals surface area (Å²) < 4.78 is 0. The van der Waals surface area contributed by atoms with Crippen molar-refractivity contribution in [3.05, 3.63) is 0 Å². The Bertz CT molecular complexity index is 274. The van der Waals surface area contributed by atoms with Crippen molar-refractivity contribution in [2.45, 2.75) is 77.4 Å². The number of carbonyl (C=O) groups is 1. The van der Waals surface area contributed by atoms with Crippen molar-refractivity contribution in [2.24, 2.45) is 5.92 Å². The van der Waals surface area contributed by atoms with E-state index in [2.05, 4.69) is 24.1 Å². The molecule has 2 fully saturated rings. The van der Waals surface area contributed by atoms with Crippen LogP contribution >= 0.6 is 0 Å². The van der Waals surface area contributed by atoms with E-state index >= 15 is 0 Å². The van der Waals surface area contributed by atoms with Gasteiger partial charge in [-0.15, -0.1) is 0 Å². The normalized spacial score (nSPS) is 29.4. The van der Waals surface area contributed by atoms with Crippen molar-refractivity contribution in [1.82, 2.24) is 10.2 Å². The van der Waals surface area contributed by atoms with Crippen LogP contribution in [0.4, 0.5) is 0 Å². The lowest BCUT2D eigenvalue weighted by molar-refractivity contribution is -0.130. The number of rotatable bonds is 6. The first-order chi connectivity index (χ1) is 8.76. The first-order valence-electron chi connectivity index (χ1n) is 7.82. The molecule has 3 nitrogen and oxygen atoms in total. The maximum atomic E-state index is 12.2. The molecule has 18 heavy (non-hydrogen) atoms. The average molecular weight is 252 g/mol. The van der Waals surface area contributed by atoms with E-state index in [9.17, 15) is 4.79 Å². The fourth-order valence-corrected chi connectivity index (χ4v) is 3.49. The quantitative estimate of drug-likeness (QED) is 0.788. The third kappa shape index (κ3) is 3.05. The molecule has 1 aliphatic carbocycles. The maximum Gasteiger partial charge on any atom is 0.241 e. The second-order valence-corrected chi connectivity index (χ2v) is 5.88. The molecule has 2 rings (SSSR count).